The average Bonchev–Trinajstić information content (AvgIpc) is 2.45. The predicted molar refractivity (Wildman–Crippen MR) is 80.7 cm³/mol. The largest absolute Gasteiger partial charge is 0.300 e. The summed E-state index contributed by atoms with van der Waals surface area (Å²) in [5, 5.41) is 0. The van der Waals surface area contributed by atoms with Crippen molar-refractivity contribution in [3.63, 3.8) is 0 Å². The summed E-state index contributed by atoms with van der Waals surface area (Å²) in [7, 11) is 1.93. The molecule has 1 heterocycles. The van der Waals surface area contributed by atoms with Crippen molar-refractivity contribution < 1.29 is 9.18 Å². The van der Waals surface area contributed by atoms with E-state index in [0.717, 1.165) is 11.4 Å². The fourth-order valence-electron chi connectivity index (χ4n) is 2.16. The van der Waals surface area contributed by atoms with E-state index in [1.807, 2.05) is 37.1 Å². The molecule has 1 aromatic heterocycles. The van der Waals surface area contributed by atoms with Gasteiger partial charge in [0.2, 0.25) is 0 Å². The van der Waals surface area contributed by atoms with Gasteiger partial charge in [-0.1, -0.05) is 18.2 Å². The van der Waals surface area contributed by atoms with Crippen molar-refractivity contribution in [2.45, 2.75) is 19.9 Å². The van der Waals surface area contributed by atoms with Crippen molar-refractivity contribution in [1.29, 1.82) is 0 Å². The highest BCUT2D eigenvalue weighted by Crippen LogP contribution is 2.10. The van der Waals surface area contributed by atoms with E-state index in [1.54, 1.807) is 12.1 Å². The normalized spacial score (nSPS) is 10.9. The van der Waals surface area contributed by atoms with Gasteiger partial charge in [0.05, 0.1) is 11.3 Å². The number of carbonyl (C=O) groups excluding carboxylic acids is 1. The van der Waals surface area contributed by atoms with E-state index in [4.69, 9.17) is 0 Å². The standard InChI is InChI=1S/C17H19FN2O/c1-13-6-5-7-14(19-13)12-20(2)11-10-17(21)15-8-3-4-9-16(15)18/h3-9H,10-12H2,1-2H3. The quantitative estimate of drug-likeness (QED) is 0.764. The van der Waals surface area contributed by atoms with Crippen LogP contribution in [0.4, 0.5) is 4.39 Å². The van der Waals surface area contributed by atoms with E-state index in [1.165, 1.54) is 12.1 Å². The van der Waals surface area contributed by atoms with Gasteiger partial charge in [-0.15, -0.1) is 0 Å². The molecule has 3 nitrogen and oxygen atoms in total. The molecule has 0 aliphatic rings. The van der Waals surface area contributed by atoms with Gasteiger partial charge in [-0.25, -0.2) is 4.39 Å². The number of aryl methyl sites for hydroxylation is 1. The minimum atomic E-state index is -0.453. The Bertz CT molecular complexity index is 628. The molecule has 21 heavy (non-hydrogen) atoms. The van der Waals surface area contributed by atoms with Crippen molar-refractivity contribution in [1.82, 2.24) is 9.88 Å². The summed E-state index contributed by atoms with van der Waals surface area (Å²) in [6.45, 7) is 3.19. The third-order valence-corrected chi connectivity index (χ3v) is 3.27. The lowest BCUT2D eigenvalue weighted by molar-refractivity contribution is 0.0963. The Morgan fingerprint density at radius 1 is 1.19 bits per heavy atom. The summed E-state index contributed by atoms with van der Waals surface area (Å²) in [5.74, 6) is -0.623. The van der Waals surface area contributed by atoms with Crippen molar-refractivity contribution >= 4 is 5.78 Å². The van der Waals surface area contributed by atoms with E-state index >= 15 is 0 Å². The van der Waals surface area contributed by atoms with Gasteiger partial charge in [-0.3, -0.25) is 9.78 Å². The summed E-state index contributed by atoms with van der Waals surface area (Å²) in [4.78, 5) is 18.4. The lowest BCUT2D eigenvalue weighted by Gasteiger charge is -2.16. The molecule has 0 unspecified atom stereocenters. The van der Waals surface area contributed by atoms with E-state index in [2.05, 4.69) is 4.98 Å². The average molecular weight is 286 g/mol. The molecular weight excluding hydrogens is 267 g/mol. The lowest BCUT2D eigenvalue weighted by Crippen LogP contribution is -2.22. The van der Waals surface area contributed by atoms with Crippen LogP contribution in [0.1, 0.15) is 28.2 Å². The molecule has 0 radical (unpaired) electrons. The minimum Gasteiger partial charge on any atom is -0.300 e. The van der Waals surface area contributed by atoms with Crippen LogP contribution in [0.15, 0.2) is 42.5 Å². The van der Waals surface area contributed by atoms with Gasteiger partial charge in [0.15, 0.2) is 5.78 Å². The van der Waals surface area contributed by atoms with Gasteiger partial charge in [0, 0.05) is 25.2 Å². The maximum Gasteiger partial charge on any atom is 0.167 e. The molecule has 2 rings (SSSR count). The minimum absolute atomic E-state index is 0.166. The number of nitrogens with zero attached hydrogens (tertiary/aromatic N) is 2. The second-order valence-corrected chi connectivity index (χ2v) is 5.16. The first-order valence-electron chi connectivity index (χ1n) is 6.95. The molecule has 0 atom stereocenters. The molecule has 0 aliphatic carbocycles. The van der Waals surface area contributed by atoms with E-state index in [9.17, 15) is 9.18 Å². The van der Waals surface area contributed by atoms with Crippen LogP contribution in [0, 0.1) is 12.7 Å². The number of hydrogen-bond donors (Lipinski definition) is 0. The summed E-state index contributed by atoms with van der Waals surface area (Å²) >= 11 is 0. The van der Waals surface area contributed by atoms with Crippen LogP contribution in [0.2, 0.25) is 0 Å². The number of halogens is 1. The van der Waals surface area contributed by atoms with Gasteiger partial charge < -0.3 is 4.90 Å². The zero-order chi connectivity index (χ0) is 15.2. The second kappa shape index (κ2) is 7.09. The topological polar surface area (TPSA) is 33.2 Å². The molecule has 0 bridgehead atoms. The van der Waals surface area contributed by atoms with Crippen LogP contribution in [0.5, 0.6) is 0 Å². The molecule has 2 aromatic rings. The first kappa shape index (κ1) is 15.3. The number of pyridine rings is 1. The third kappa shape index (κ3) is 4.46. The molecule has 110 valence electrons. The van der Waals surface area contributed by atoms with Gasteiger partial charge in [0.25, 0.3) is 0 Å². The smallest absolute Gasteiger partial charge is 0.167 e. The van der Waals surface area contributed by atoms with Crippen LogP contribution in [-0.4, -0.2) is 29.3 Å². The first-order valence-corrected chi connectivity index (χ1v) is 6.95. The first-order chi connectivity index (χ1) is 10.1. The Morgan fingerprint density at radius 3 is 2.67 bits per heavy atom. The number of carbonyl (C=O) groups is 1. The zero-order valence-electron chi connectivity index (χ0n) is 12.3. The van der Waals surface area contributed by atoms with Crippen molar-refractivity contribution in [2.75, 3.05) is 13.6 Å². The van der Waals surface area contributed by atoms with E-state index in [-0.39, 0.29) is 11.3 Å². The third-order valence-electron chi connectivity index (χ3n) is 3.27. The van der Waals surface area contributed by atoms with E-state index in [0.29, 0.717) is 19.5 Å². The number of benzene rings is 1. The molecule has 0 saturated carbocycles. The Kier molecular flexibility index (Phi) is 5.17. The van der Waals surface area contributed by atoms with Crippen molar-refractivity contribution in [2.24, 2.45) is 0 Å². The van der Waals surface area contributed by atoms with Gasteiger partial charge in [-0.05, 0) is 38.2 Å². The number of rotatable bonds is 6. The molecular formula is C17H19FN2O. The van der Waals surface area contributed by atoms with Crippen LogP contribution >= 0.6 is 0 Å². The molecule has 1 aromatic carbocycles. The summed E-state index contributed by atoms with van der Waals surface area (Å²) in [6, 6.07) is 12.0. The lowest BCUT2D eigenvalue weighted by atomic mass is 10.1. The van der Waals surface area contributed by atoms with Crippen molar-refractivity contribution in [3.05, 3.63) is 65.2 Å². The number of hydrogen-bond acceptors (Lipinski definition) is 3. The summed E-state index contributed by atoms with van der Waals surface area (Å²) in [6.07, 6.45) is 0.295. The van der Waals surface area contributed by atoms with Crippen molar-refractivity contribution in [3.8, 4) is 0 Å². The fourth-order valence-corrected chi connectivity index (χ4v) is 2.16. The Labute approximate surface area is 124 Å². The Morgan fingerprint density at radius 2 is 1.95 bits per heavy atom. The SMILES string of the molecule is Cc1cccc(CN(C)CCC(=O)c2ccccc2F)n1. The molecule has 0 spiro atoms. The molecule has 4 heteroatoms. The molecule has 0 amide bonds. The summed E-state index contributed by atoms with van der Waals surface area (Å²) in [5.41, 5.74) is 2.11. The van der Waals surface area contributed by atoms with Crippen LogP contribution in [-0.2, 0) is 6.54 Å². The zero-order valence-corrected chi connectivity index (χ0v) is 12.3. The highest BCUT2D eigenvalue weighted by Gasteiger charge is 2.12. The maximum atomic E-state index is 13.5. The number of Topliss-reactive ketones (excluding diaryl/α,β-unsaturated/α-hetero) is 1. The second-order valence-electron chi connectivity index (χ2n) is 5.16. The van der Waals surface area contributed by atoms with Crippen LogP contribution in [0.3, 0.4) is 0 Å². The predicted octanol–water partition coefficient (Wildman–Crippen LogP) is 3.23. The van der Waals surface area contributed by atoms with Crippen LogP contribution < -0.4 is 0 Å². The Hall–Kier alpha value is -2.07. The molecule has 0 fully saturated rings. The molecule has 0 N–H and O–H groups in total. The highest BCUT2D eigenvalue weighted by atomic mass is 19.1. The summed E-state index contributed by atoms with van der Waals surface area (Å²) < 4.78 is 13.5. The molecule has 0 aliphatic heterocycles. The Balaban J connectivity index is 1.88. The number of ketones is 1. The van der Waals surface area contributed by atoms with Crippen LogP contribution in [0.25, 0.3) is 0 Å². The number of aromatic nitrogens is 1. The highest BCUT2D eigenvalue weighted by molar-refractivity contribution is 5.96. The van der Waals surface area contributed by atoms with Gasteiger partial charge in [0.1, 0.15) is 5.82 Å². The maximum absolute atomic E-state index is 13.5. The monoisotopic (exact) mass is 286 g/mol. The fraction of sp³-hybridized carbons (Fsp3) is 0.294. The molecule has 0 saturated heterocycles. The van der Waals surface area contributed by atoms with Gasteiger partial charge in [-0.2, -0.15) is 0 Å². The van der Waals surface area contributed by atoms with E-state index < -0.39 is 5.82 Å². The van der Waals surface area contributed by atoms with Gasteiger partial charge >= 0.3 is 0 Å².